The molecule has 2 atom stereocenters. The summed E-state index contributed by atoms with van der Waals surface area (Å²) < 4.78 is 5.75. The van der Waals surface area contributed by atoms with Crippen LogP contribution in [-0.4, -0.2) is 18.1 Å². The molecule has 0 fully saturated rings. The van der Waals surface area contributed by atoms with Crippen LogP contribution in [0.1, 0.15) is 44.7 Å². The monoisotopic (exact) mass is 263 g/mol. The lowest BCUT2D eigenvalue weighted by atomic mass is 10.1. The molecule has 0 aliphatic carbocycles. The predicted octanol–water partition coefficient (Wildman–Crippen LogP) is 3.38. The zero-order chi connectivity index (χ0) is 14.4. The molecule has 3 heteroatoms. The zero-order valence-electron chi connectivity index (χ0n) is 12.6. The molecule has 0 spiro atoms. The van der Waals surface area contributed by atoms with E-state index in [0.29, 0.717) is 0 Å². The molecule has 0 heterocycles. The van der Waals surface area contributed by atoms with Crippen molar-refractivity contribution in [2.45, 2.75) is 59.6 Å². The minimum atomic E-state index is -0.472. The van der Waals surface area contributed by atoms with Gasteiger partial charge in [0.05, 0.1) is 0 Å². The highest BCUT2D eigenvalue weighted by molar-refractivity contribution is 5.81. The van der Waals surface area contributed by atoms with Gasteiger partial charge in [-0.1, -0.05) is 25.5 Å². The van der Waals surface area contributed by atoms with Crippen molar-refractivity contribution in [3.63, 3.8) is 0 Å². The van der Waals surface area contributed by atoms with Gasteiger partial charge in [-0.3, -0.25) is 4.79 Å². The highest BCUT2D eigenvalue weighted by Crippen LogP contribution is 2.21. The van der Waals surface area contributed by atoms with E-state index in [1.54, 1.807) is 6.92 Å². The highest BCUT2D eigenvalue weighted by atomic mass is 16.5. The van der Waals surface area contributed by atoms with E-state index in [1.165, 1.54) is 5.56 Å². The Morgan fingerprint density at radius 3 is 2.63 bits per heavy atom. The molecule has 0 aliphatic rings. The first-order valence-corrected chi connectivity index (χ1v) is 6.99. The van der Waals surface area contributed by atoms with Gasteiger partial charge in [-0.05, 0) is 51.3 Å². The molecule has 0 saturated carbocycles. The van der Waals surface area contributed by atoms with E-state index in [0.717, 1.165) is 24.2 Å². The second-order valence-electron chi connectivity index (χ2n) is 5.16. The normalized spacial score (nSPS) is 13.7. The summed E-state index contributed by atoms with van der Waals surface area (Å²) in [5, 5.41) is 2.97. The first-order chi connectivity index (χ1) is 8.95. The second kappa shape index (κ2) is 7.17. The smallest absolute Gasteiger partial charge is 0.260 e. The predicted molar refractivity (Wildman–Crippen MR) is 78.5 cm³/mol. The van der Waals surface area contributed by atoms with Crippen LogP contribution in [0.25, 0.3) is 0 Å². The van der Waals surface area contributed by atoms with Crippen LogP contribution in [0.15, 0.2) is 18.2 Å². The van der Waals surface area contributed by atoms with Crippen LogP contribution in [0, 0.1) is 13.8 Å². The summed E-state index contributed by atoms with van der Waals surface area (Å²) >= 11 is 0. The van der Waals surface area contributed by atoms with Crippen molar-refractivity contribution >= 4 is 5.91 Å². The lowest BCUT2D eigenvalue weighted by Gasteiger charge is -2.19. The van der Waals surface area contributed by atoms with Gasteiger partial charge in [-0.2, -0.15) is 0 Å². The van der Waals surface area contributed by atoms with Crippen molar-refractivity contribution in [3.05, 3.63) is 29.3 Å². The van der Waals surface area contributed by atoms with Gasteiger partial charge in [-0.15, -0.1) is 0 Å². The summed E-state index contributed by atoms with van der Waals surface area (Å²) in [6.07, 6.45) is 1.58. The molecule has 1 N–H and O–H groups in total. The molecule has 0 aromatic heterocycles. The topological polar surface area (TPSA) is 38.3 Å². The number of ether oxygens (including phenoxy) is 1. The van der Waals surface area contributed by atoms with Crippen LogP contribution >= 0.6 is 0 Å². The summed E-state index contributed by atoms with van der Waals surface area (Å²) in [4.78, 5) is 12.0. The molecule has 1 rings (SSSR count). The zero-order valence-corrected chi connectivity index (χ0v) is 12.6. The fourth-order valence-corrected chi connectivity index (χ4v) is 1.96. The maximum Gasteiger partial charge on any atom is 0.260 e. The molecule has 1 amide bonds. The largest absolute Gasteiger partial charge is 0.481 e. The number of hydrogen-bond acceptors (Lipinski definition) is 2. The van der Waals surface area contributed by atoms with E-state index in [9.17, 15) is 4.79 Å². The van der Waals surface area contributed by atoms with E-state index in [4.69, 9.17) is 4.74 Å². The number of amides is 1. The third-order valence-electron chi connectivity index (χ3n) is 3.34. The number of nitrogens with one attached hydrogen (secondary N) is 1. The molecule has 0 unspecified atom stereocenters. The Kier molecular flexibility index (Phi) is 5.87. The quantitative estimate of drug-likeness (QED) is 0.854. The molecule has 3 nitrogen and oxygen atoms in total. The number of benzene rings is 1. The van der Waals surface area contributed by atoms with Crippen LogP contribution < -0.4 is 10.1 Å². The van der Waals surface area contributed by atoms with Crippen LogP contribution in [0.2, 0.25) is 0 Å². The van der Waals surface area contributed by atoms with E-state index in [1.807, 2.05) is 39.0 Å². The maximum absolute atomic E-state index is 12.0. The van der Waals surface area contributed by atoms with Gasteiger partial charge >= 0.3 is 0 Å². The van der Waals surface area contributed by atoms with Gasteiger partial charge in [0.2, 0.25) is 0 Å². The Hall–Kier alpha value is -1.51. The molecule has 0 radical (unpaired) electrons. The van der Waals surface area contributed by atoms with Crippen LogP contribution in [-0.2, 0) is 4.79 Å². The van der Waals surface area contributed by atoms with Crippen LogP contribution in [0.3, 0.4) is 0 Å². The Bertz CT molecular complexity index is 429. The fraction of sp³-hybridized carbons (Fsp3) is 0.562. The van der Waals surface area contributed by atoms with Gasteiger partial charge in [-0.25, -0.2) is 0 Å². The number of carbonyl (C=O) groups excluding carboxylic acids is 1. The summed E-state index contributed by atoms with van der Waals surface area (Å²) in [6.45, 7) is 9.96. The Morgan fingerprint density at radius 2 is 2.00 bits per heavy atom. The van der Waals surface area contributed by atoms with Gasteiger partial charge in [0.15, 0.2) is 6.10 Å². The van der Waals surface area contributed by atoms with E-state index < -0.39 is 6.10 Å². The minimum absolute atomic E-state index is 0.0538. The van der Waals surface area contributed by atoms with Gasteiger partial charge in [0.25, 0.3) is 5.91 Å². The summed E-state index contributed by atoms with van der Waals surface area (Å²) in [7, 11) is 0. The molecule has 106 valence electrons. The molecular weight excluding hydrogens is 238 g/mol. The first kappa shape index (κ1) is 15.5. The Morgan fingerprint density at radius 1 is 1.32 bits per heavy atom. The molecule has 0 saturated heterocycles. The number of hydrogen-bond donors (Lipinski definition) is 1. The van der Waals surface area contributed by atoms with Crippen molar-refractivity contribution in [2.24, 2.45) is 0 Å². The lowest BCUT2D eigenvalue weighted by Crippen LogP contribution is -2.41. The maximum atomic E-state index is 12.0. The molecule has 1 aromatic carbocycles. The van der Waals surface area contributed by atoms with E-state index >= 15 is 0 Å². The first-order valence-electron chi connectivity index (χ1n) is 6.99. The second-order valence-corrected chi connectivity index (χ2v) is 5.16. The number of carbonyl (C=O) groups is 1. The van der Waals surface area contributed by atoms with Gasteiger partial charge in [0, 0.05) is 6.04 Å². The standard InChI is InChI=1S/C16H25NO2/c1-6-8-12(3)17-16(18)14(5)19-15-10-7-9-11(2)13(15)4/h7,9-10,12,14H,6,8H2,1-5H3,(H,17,18)/t12-,14-/m0/s1. The van der Waals surface area contributed by atoms with Crippen molar-refractivity contribution in [2.75, 3.05) is 0 Å². The average Bonchev–Trinajstić information content (AvgIpc) is 2.35. The molecular formula is C16H25NO2. The molecule has 1 aromatic rings. The highest BCUT2D eigenvalue weighted by Gasteiger charge is 2.17. The average molecular weight is 263 g/mol. The summed E-state index contributed by atoms with van der Waals surface area (Å²) in [6, 6.07) is 6.09. The molecule has 19 heavy (non-hydrogen) atoms. The number of rotatable bonds is 6. The Labute approximate surface area is 116 Å². The minimum Gasteiger partial charge on any atom is -0.481 e. The van der Waals surface area contributed by atoms with Crippen molar-refractivity contribution in [1.29, 1.82) is 0 Å². The van der Waals surface area contributed by atoms with E-state index in [-0.39, 0.29) is 11.9 Å². The third-order valence-corrected chi connectivity index (χ3v) is 3.34. The SMILES string of the molecule is CCC[C@H](C)NC(=O)[C@H](C)Oc1cccc(C)c1C. The van der Waals surface area contributed by atoms with Gasteiger partial charge in [0.1, 0.15) is 5.75 Å². The van der Waals surface area contributed by atoms with Crippen molar-refractivity contribution < 1.29 is 9.53 Å². The van der Waals surface area contributed by atoms with Crippen molar-refractivity contribution in [3.8, 4) is 5.75 Å². The van der Waals surface area contributed by atoms with Crippen molar-refractivity contribution in [1.82, 2.24) is 5.32 Å². The van der Waals surface area contributed by atoms with Crippen LogP contribution in [0.5, 0.6) is 5.75 Å². The fourth-order valence-electron chi connectivity index (χ4n) is 1.96. The Balaban J connectivity index is 2.61. The van der Waals surface area contributed by atoms with E-state index in [2.05, 4.69) is 12.2 Å². The summed E-state index contributed by atoms with van der Waals surface area (Å²) in [5.74, 6) is 0.729. The van der Waals surface area contributed by atoms with Crippen LogP contribution in [0.4, 0.5) is 0 Å². The molecule has 0 aliphatic heterocycles. The number of aryl methyl sites for hydroxylation is 1. The third kappa shape index (κ3) is 4.58. The molecule has 0 bridgehead atoms. The lowest BCUT2D eigenvalue weighted by molar-refractivity contribution is -0.127. The summed E-state index contributed by atoms with van der Waals surface area (Å²) in [5.41, 5.74) is 2.26. The van der Waals surface area contributed by atoms with Gasteiger partial charge < -0.3 is 10.1 Å².